The van der Waals surface area contributed by atoms with Gasteiger partial charge in [0.05, 0.1) is 7.11 Å². The normalized spacial score (nSPS) is 10.5. The Morgan fingerprint density at radius 2 is 2.00 bits per heavy atom. The molecule has 0 N–H and O–H groups in total. The summed E-state index contributed by atoms with van der Waals surface area (Å²) in [4.78, 5) is 0. The van der Waals surface area contributed by atoms with E-state index < -0.39 is 0 Å². The van der Waals surface area contributed by atoms with E-state index in [1.807, 2.05) is 30.3 Å². The quantitative estimate of drug-likeness (QED) is 0.662. The molecule has 63 valence electrons. The maximum absolute atomic E-state index is 5.04. The Bertz CT molecular complexity index is 246. The first-order valence-electron chi connectivity index (χ1n) is 4.09. The van der Waals surface area contributed by atoms with Crippen LogP contribution < -0.4 is 4.74 Å². The molecule has 0 bridgehead atoms. The molecular formula is C11H13O. The van der Waals surface area contributed by atoms with E-state index in [9.17, 15) is 0 Å². The molecule has 12 heavy (non-hydrogen) atoms. The van der Waals surface area contributed by atoms with Crippen molar-refractivity contribution >= 4 is 0 Å². The highest BCUT2D eigenvalue weighted by Crippen LogP contribution is 2.11. The standard InChI is InChI=1S/C11H13O/c1-3-4-5-10-6-8-11(12-2)9-7-10/h4,6-9H,3H2,1-2H3. The summed E-state index contributed by atoms with van der Waals surface area (Å²) in [5.41, 5.74) is 1.10. The number of hydrogen-bond acceptors (Lipinski definition) is 1. The first-order valence-corrected chi connectivity index (χ1v) is 4.09. The highest BCUT2D eigenvalue weighted by Gasteiger charge is 1.88. The number of rotatable bonds is 3. The molecule has 0 aliphatic carbocycles. The second-order valence-corrected chi connectivity index (χ2v) is 2.49. The third-order valence-electron chi connectivity index (χ3n) is 1.56. The van der Waals surface area contributed by atoms with E-state index in [1.54, 1.807) is 7.11 Å². The van der Waals surface area contributed by atoms with E-state index in [0.717, 1.165) is 17.7 Å². The summed E-state index contributed by atoms with van der Waals surface area (Å²) in [5, 5.41) is 0. The van der Waals surface area contributed by atoms with E-state index in [4.69, 9.17) is 4.74 Å². The van der Waals surface area contributed by atoms with Gasteiger partial charge in [0.15, 0.2) is 0 Å². The maximum Gasteiger partial charge on any atom is 0.118 e. The van der Waals surface area contributed by atoms with Crippen LogP contribution in [0.25, 0.3) is 0 Å². The number of methoxy groups -OCH3 is 1. The first-order chi connectivity index (χ1) is 5.86. The van der Waals surface area contributed by atoms with Gasteiger partial charge in [-0.2, -0.15) is 0 Å². The summed E-state index contributed by atoms with van der Waals surface area (Å²) >= 11 is 0. The van der Waals surface area contributed by atoms with Gasteiger partial charge < -0.3 is 4.74 Å². The summed E-state index contributed by atoms with van der Waals surface area (Å²) in [6.45, 7) is 2.09. The number of allylic oxidation sites excluding steroid dienone is 1. The van der Waals surface area contributed by atoms with E-state index in [0.29, 0.717) is 0 Å². The minimum absolute atomic E-state index is 0.886. The molecule has 0 aliphatic rings. The molecule has 0 atom stereocenters. The van der Waals surface area contributed by atoms with Gasteiger partial charge in [-0.25, -0.2) is 0 Å². The molecule has 0 aliphatic heterocycles. The highest BCUT2D eigenvalue weighted by molar-refractivity contribution is 5.30. The van der Waals surface area contributed by atoms with Crippen molar-refractivity contribution in [3.05, 3.63) is 42.0 Å². The van der Waals surface area contributed by atoms with Crippen LogP contribution in [0.5, 0.6) is 5.75 Å². The Labute approximate surface area is 73.7 Å². The molecule has 1 aromatic carbocycles. The number of hydrogen-bond donors (Lipinski definition) is 0. The molecule has 1 aromatic rings. The Kier molecular flexibility index (Phi) is 3.39. The van der Waals surface area contributed by atoms with E-state index in [2.05, 4.69) is 13.0 Å². The van der Waals surface area contributed by atoms with Gasteiger partial charge >= 0.3 is 0 Å². The Morgan fingerprint density at radius 3 is 2.50 bits per heavy atom. The summed E-state index contributed by atoms with van der Waals surface area (Å²) in [7, 11) is 1.67. The molecule has 0 amide bonds. The predicted molar refractivity (Wildman–Crippen MR) is 50.2 cm³/mol. The zero-order chi connectivity index (χ0) is 8.81. The molecule has 0 aromatic heterocycles. The fraction of sp³-hybridized carbons (Fsp3) is 0.273. The molecule has 0 fully saturated rings. The molecule has 0 unspecified atom stereocenters. The number of ether oxygens (including phenoxy) is 1. The van der Waals surface area contributed by atoms with Crippen molar-refractivity contribution in [3.8, 4) is 5.75 Å². The average Bonchev–Trinajstić information content (AvgIpc) is 2.15. The van der Waals surface area contributed by atoms with Gasteiger partial charge in [-0.3, -0.25) is 0 Å². The zero-order valence-electron chi connectivity index (χ0n) is 7.50. The van der Waals surface area contributed by atoms with Crippen LogP contribution >= 0.6 is 0 Å². The molecular weight excluding hydrogens is 148 g/mol. The van der Waals surface area contributed by atoms with Gasteiger partial charge in [-0.1, -0.05) is 25.1 Å². The van der Waals surface area contributed by atoms with Crippen molar-refractivity contribution in [1.29, 1.82) is 0 Å². The molecule has 0 saturated heterocycles. The van der Waals surface area contributed by atoms with Crippen molar-refractivity contribution in [2.45, 2.75) is 13.3 Å². The topological polar surface area (TPSA) is 9.23 Å². The van der Waals surface area contributed by atoms with Crippen molar-refractivity contribution < 1.29 is 4.74 Å². The van der Waals surface area contributed by atoms with Crippen LogP contribution in [0.15, 0.2) is 30.3 Å². The van der Waals surface area contributed by atoms with Crippen molar-refractivity contribution in [2.75, 3.05) is 7.11 Å². The first kappa shape index (κ1) is 8.85. The summed E-state index contributed by atoms with van der Waals surface area (Å²) in [5.74, 6) is 0.886. The maximum atomic E-state index is 5.04. The molecule has 1 radical (unpaired) electrons. The minimum Gasteiger partial charge on any atom is -0.497 e. The lowest BCUT2D eigenvalue weighted by Crippen LogP contribution is -1.81. The highest BCUT2D eigenvalue weighted by atomic mass is 16.5. The zero-order valence-corrected chi connectivity index (χ0v) is 7.50. The molecule has 1 heteroatoms. The van der Waals surface area contributed by atoms with Gasteiger partial charge in [0.2, 0.25) is 0 Å². The molecule has 0 saturated carbocycles. The van der Waals surface area contributed by atoms with Crippen molar-refractivity contribution in [3.63, 3.8) is 0 Å². The van der Waals surface area contributed by atoms with E-state index in [1.165, 1.54) is 0 Å². The lowest BCUT2D eigenvalue weighted by Gasteiger charge is -1.98. The van der Waals surface area contributed by atoms with Gasteiger partial charge in [0.1, 0.15) is 5.75 Å². The fourth-order valence-electron chi connectivity index (χ4n) is 0.907. The SMILES string of the molecule is CC/C=[C]\c1ccc(OC)cc1. The second-order valence-electron chi connectivity index (χ2n) is 2.49. The van der Waals surface area contributed by atoms with Gasteiger partial charge in [-0.05, 0) is 30.2 Å². The Hall–Kier alpha value is -1.24. The van der Waals surface area contributed by atoms with Gasteiger partial charge in [-0.15, -0.1) is 0 Å². The summed E-state index contributed by atoms with van der Waals surface area (Å²) in [6.07, 6.45) is 6.20. The molecule has 0 spiro atoms. The van der Waals surface area contributed by atoms with Gasteiger partial charge in [0, 0.05) is 0 Å². The lowest BCUT2D eigenvalue weighted by molar-refractivity contribution is 0.415. The summed E-state index contributed by atoms with van der Waals surface area (Å²) in [6, 6.07) is 7.85. The van der Waals surface area contributed by atoms with Crippen molar-refractivity contribution in [2.24, 2.45) is 0 Å². The molecule has 0 heterocycles. The monoisotopic (exact) mass is 161 g/mol. The lowest BCUT2D eigenvalue weighted by atomic mass is 10.2. The van der Waals surface area contributed by atoms with Crippen LogP contribution in [0.3, 0.4) is 0 Å². The average molecular weight is 161 g/mol. The van der Waals surface area contributed by atoms with Gasteiger partial charge in [0.25, 0.3) is 0 Å². The van der Waals surface area contributed by atoms with Crippen LogP contribution in [0, 0.1) is 6.08 Å². The second kappa shape index (κ2) is 4.60. The van der Waals surface area contributed by atoms with E-state index >= 15 is 0 Å². The third-order valence-corrected chi connectivity index (χ3v) is 1.56. The van der Waals surface area contributed by atoms with Crippen LogP contribution in [-0.2, 0) is 0 Å². The van der Waals surface area contributed by atoms with Crippen LogP contribution in [0.2, 0.25) is 0 Å². The van der Waals surface area contributed by atoms with Crippen LogP contribution in [0.4, 0.5) is 0 Å². The molecule has 1 rings (SSSR count). The fourth-order valence-corrected chi connectivity index (χ4v) is 0.907. The number of benzene rings is 1. The van der Waals surface area contributed by atoms with E-state index in [-0.39, 0.29) is 0 Å². The van der Waals surface area contributed by atoms with Crippen LogP contribution in [0.1, 0.15) is 18.9 Å². The summed E-state index contributed by atoms with van der Waals surface area (Å²) < 4.78 is 5.04. The molecule has 1 nitrogen and oxygen atoms in total. The minimum atomic E-state index is 0.886. The smallest absolute Gasteiger partial charge is 0.118 e. The van der Waals surface area contributed by atoms with Crippen molar-refractivity contribution in [1.82, 2.24) is 0 Å². The largest absolute Gasteiger partial charge is 0.497 e. The third kappa shape index (κ3) is 2.42. The Morgan fingerprint density at radius 1 is 1.33 bits per heavy atom. The predicted octanol–water partition coefficient (Wildman–Crippen LogP) is 2.81. The Balaban J connectivity index is 2.71. The van der Waals surface area contributed by atoms with Crippen LogP contribution in [-0.4, -0.2) is 7.11 Å².